The second-order valence-electron chi connectivity index (χ2n) is 7.60. The average Bonchev–Trinajstić information content (AvgIpc) is 2.66. The Bertz CT molecular complexity index is 848. The molecule has 0 aliphatic rings. The van der Waals surface area contributed by atoms with Gasteiger partial charge in [-0.2, -0.15) is 0 Å². The van der Waals surface area contributed by atoms with Crippen LogP contribution in [0.25, 0.3) is 0 Å². The van der Waals surface area contributed by atoms with E-state index in [0.717, 1.165) is 11.8 Å². The van der Waals surface area contributed by atoms with Gasteiger partial charge in [-0.25, -0.2) is 4.39 Å². The molecule has 0 bridgehead atoms. The lowest BCUT2D eigenvalue weighted by atomic mass is 9.87. The van der Waals surface area contributed by atoms with E-state index in [2.05, 4.69) is 47.3 Å². The molecular weight excluding hydrogens is 439 g/mol. The SMILES string of the molecule is CC(C)(C)c1ccc(OCCNC(=O)CCNC(=O)c2cc(F)ccc2Br)cc1. The zero-order chi connectivity index (χ0) is 21.4. The highest BCUT2D eigenvalue weighted by Crippen LogP contribution is 2.24. The molecule has 156 valence electrons. The van der Waals surface area contributed by atoms with E-state index in [-0.39, 0.29) is 29.9 Å². The van der Waals surface area contributed by atoms with Gasteiger partial charge in [0.1, 0.15) is 18.2 Å². The van der Waals surface area contributed by atoms with Crippen molar-refractivity contribution in [2.24, 2.45) is 0 Å². The molecule has 0 saturated carbocycles. The summed E-state index contributed by atoms with van der Waals surface area (Å²) in [6, 6.07) is 11.8. The summed E-state index contributed by atoms with van der Waals surface area (Å²) in [7, 11) is 0. The topological polar surface area (TPSA) is 67.4 Å². The number of rotatable bonds is 8. The van der Waals surface area contributed by atoms with Gasteiger partial charge in [-0.3, -0.25) is 9.59 Å². The Balaban J connectivity index is 1.65. The maximum atomic E-state index is 13.2. The van der Waals surface area contributed by atoms with Gasteiger partial charge >= 0.3 is 0 Å². The number of hydrogen-bond acceptors (Lipinski definition) is 3. The van der Waals surface area contributed by atoms with E-state index in [1.165, 1.54) is 17.7 Å². The third-order valence-corrected chi connectivity index (χ3v) is 4.92. The van der Waals surface area contributed by atoms with E-state index in [4.69, 9.17) is 4.74 Å². The summed E-state index contributed by atoms with van der Waals surface area (Å²) in [5.41, 5.74) is 1.51. The van der Waals surface area contributed by atoms with E-state index in [9.17, 15) is 14.0 Å². The maximum Gasteiger partial charge on any atom is 0.252 e. The van der Waals surface area contributed by atoms with Crippen molar-refractivity contribution >= 4 is 27.7 Å². The summed E-state index contributed by atoms with van der Waals surface area (Å²) in [6.07, 6.45) is 0.124. The van der Waals surface area contributed by atoms with Crippen LogP contribution in [-0.2, 0) is 10.2 Å². The highest BCUT2D eigenvalue weighted by molar-refractivity contribution is 9.10. The van der Waals surface area contributed by atoms with Gasteiger partial charge in [-0.05, 0) is 57.2 Å². The van der Waals surface area contributed by atoms with Crippen LogP contribution in [0.3, 0.4) is 0 Å². The quantitative estimate of drug-likeness (QED) is 0.575. The summed E-state index contributed by atoms with van der Waals surface area (Å²) in [5, 5.41) is 5.34. The molecule has 0 saturated heterocycles. The Kier molecular flexibility index (Phi) is 8.20. The van der Waals surface area contributed by atoms with Crippen LogP contribution in [0, 0.1) is 5.82 Å². The number of halogens is 2. The first-order valence-corrected chi connectivity index (χ1v) is 10.2. The molecule has 2 rings (SSSR count). The first-order chi connectivity index (χ1) is 13.7. The molecular formula is C22H26BrFN2O3. The van der Waals surface area contributed by atoms with Crippen LogP contribution in [0.5, 0.6) is 5.75 Å². The number of amides is 2. The van der Waals surface area contributed by atoms with Crippen molar-refractivity contribution in [2.45, 2.75) is 32.6 Å². The van der Waals surface area contributed by atoms with Crippen molar-refractivity contribution in [3.05, 3.63) is 63.9 Å². The van der Waals surface area contributed by atoms with E-state index in [1.807, 2.05) is 24.3 Å². The molecule has 0 aliphatic heterocycles. The summed E-state index contributed by atoms with van der Waals surface area (Å²) >= 11 is 3.21. The molecule has 0 fully saturated rings. The molecule has 29 heavy (non-hydrogen) atoms. The molecule has 0 heterocycles. The molecule has 0 atom stereocenters. The van der Waals surface area contributed by atoms with Crippen molar-refractivity contribution in [2.75, 3.05) is 19.7 Å². The van der Waals surface area contributed by atoms with E-state index >= 15 is 0 Å². The Labute approximate surface area is 179 Å². The summed E-state index contributed by atoms with van der Waals surface area (Å²) < 4.78 is 19.4. The van der Waals surface area contributed by atoms with Crippen LogP contribution >= 0.6 is 15.9 Å². The van der Waals surface area contributed by atoms with E-state index in [0.29, 0.717) is 17.6 Å². The van der Waals surface area contributed by atoms with E-state index in [1.54, 1.807) is 0 Å². The monoisotopic (exact) mass is 464 g/mol. The molecule has 0 spiro atoms. The second-order valence-corrected chi connectivity index (χ2v) is 8.46. The van der Waals surface area contributed by atoms with Crippen molar-refractivity contribution in [3.63, 3.8) is 0 Å². The van der Waals surface area contributed by atoms with Crippen molar-refractivity contribution in [1.29, 1.82) is 0 Å². The van der Waals surface area contributed by atoms with Crippen molar-refractivity contribution in [1.82, 2.24) is 10.6 Å². The minimum atomic E-state index is -0.496. The van der Waals surface area contributed by atoms with Gasteiger partial charge in [0.25, 0.3) is 5.91 Å². The average molecular weight is 465 g/mol. The van der Waals surface area contributed by atoms with E-state index < -0.39 is 11.7 Å². The van der Waals surface area contributed by atoms with Gasteiger partial charge in [-0.15, -0.1) is 0 Å². The molecule has 2 amide bonds. The number of carbonyl (C=O) groups is 2. The van der Waals surface area contributed by atoms with Crippen LogP contribution in [-0.4, -0.2) is 31.5 Å². The molecule has 2 aromatic carbocycles. The van der Waals surface area contributed by atoms with Crippen LogP contribution < -0.4 is 15.4 Å². The fourth-order valence-corrected chi connectivity index (χ4v) is 2.98. The smallest absolute Gasteiger partial charge is 0.252 e. The lowest BCUT2D eigenvalue weighted by Gasteiger charge is -2.19. The molecule has 2 N–H and O–H groups in total. The van der Waals surface area contributed by atoms with Crippen LogP contribution in [0.15, 0.2) is 46.9 Å². The summed E-state index contributed by atoms with van der Waals surface area (Å²) in [5.74, 6) is -0.383. The molecule has 0 aromatic heterocycles. The first kappa shape index (κ1) is 22.9. The number of ether oxygens (including phenoxy) is 1. The summed E-state index contributed by atoms with van der Waals surface area (Å²) in [6.45, 7) is 7.32. The predicted molar refractivity (Wildman–Crippen MR) is 115 cm³/mol. The Morgan fingerprint density at radius 3 is 2.38 bits per heavy atom. The lowest BCUT2D eigenvalue weighted by Crippen LogP contribution is -2.32. The van der Waals surface area contributed by atoms with Crippen LogP contribution in [0.1, 0.15) is 43.1 Å². The molecule has 0 unspecified atom stereocenters. The third kappa shape index (κ3) is 7.49. The fourth-order valence-electron chi connectivity index (χ4n) is 2.56. The Morgan fingerprint density at radius 1 is 1.03 bits per heavy atom. The predicted octanol–water partition coefficient (Wildman–Crippen LogP) is 4.20. The highest BCUT2D eigenvalue weighted by atomic mass is 79.9. The fraction of sp³-hybridized carbons (Fsp3) is 0.364. The molecule has 0 aliphatic carbocycles. The molecule has 2 aromatic rings. The van der Waals surface area contributed by atoms with Gasteiger partial charge in [0.15, 0.2) is 0 Å². The highest BCUT2D eigenvalue weighted by Gasteiger charge is 2.13. The molecule has 5 nitrogen and oxygen atoms in total. The molecule has 0 radical (unpaired) electrons. The number of nitrogens with one attached hydrogen (secondary N) is 2. The minimum Gasteiger partial charge on any atom is -0.492 e. The second kappa shape index (κ2) is 10.4. The standard InChI is InChI=1S/C22H26BrFN2O3/c1-22(2,3)15-4-7-17(8-5-15)29-13-12-25-20(27)10-11-26-21(28)18-14-16(24)6-9-19(18)23/h4-9,14H,10-13H2,1-3H3,(H,25,27)(H,26,28). The third-order valence-electron chi connectivity index (χ3n) is 4.22. The Hall–Kier alpha value is -2.41. The Morgan fingerprint density at radius 2 is 1.72 bits per heavy atom. The van der Waals surface area contributed by atoms with Crippen LogP contribution in [0.4, 0.5) is 4.39 Å². The van der Waals surface area contributed by atoms with Gasteiger partial charge in [0.05, 0.1) is 12.1 Å². The summed E-state index contributed by atoms with van der Waals surface area (Å²) in [4.78, 5) is 23.9. The molecule has 7 heteroatoms. The minimum absolute atomic E-state index is 0.0900. The first-order valence-electron chi connectivity index (χ1n) is 9.40. The number of benzene rings is 2. The van der Waals surface area contributed by atoms with Gasteiger partial charge in [0.2, 0.25) is 5.91 Å². The number of carbonyl (C=O) groups excluding carboxylic acids is 2. The van der Waals surface area contributed by atoms with Gasteiger partial charge in [-0.1, -0.05) is 32.9 Å². The van der Waals surface area contributed by atoms with Crippen molar-refractivity contribution < 1.29 is 18.7 Å². The van der Waals surface area contributed by atoms with Gasteiger partial charge < -0.3 is 15.4 Å². The largest absolute Gasteiger partial charge is 0.492 e. The lowest BCUT2D eigenvalue weighted by molar-refractivity contribution is -0.121. The normalized spacial score (nSPS) is 11.1. The zero-order valence-corrected chi connectivity index (χ0v) is 18.4. The number of hydrogen-bond donors (Lipinski definition) is 2. The zero-order valence-electron chi connectivity index (χ0n) is 16.9. The maximum absolute atomic E-state index is 13.2. The van der Waals surface area contributed by atoms with Gasteiger partial charge in [0, 0.05) is 17.4 Å². The van der Waals surface area contributed by atoms with Crippen LogP contribution in [0.2, 0.25) is 0 Å². The van der Waals surface area contributed by atoms with Crippen molar-refractivity contribution in [3.8, 4) is 5.75 Å².